The van der Waals surface area contributed by atoms with Crippen LogP contribution >= 0.6 is 0 Å². The molecule has 0 unspecified atom stereocenters. The lowest BCUT2D eigenvalue weighted by molar-refractivity contribution is -0.135. The number of H-pyrrole nitrogens is 2. The Bertz CT molecular complexity index is 2770. The van der Waals surface area contributed by atoms with Gasteiger partial charge in [-0.25, -0.2) is 19.6 Å². The standard InChI is InChI=1S/C48H46N8O6/c1-61-47(59)53-41(29-11-5-3-6-12-29)45(57)55-23-9-15-39(55)43-49-28-38(52-43)35-20-19-31-25-32(17-18-33(31)26-35)34-21-22-36-37(27-34)51-44(50-36)40-16-10-24-56(40)46(58)42(54-48(60)62-2)30-13-7-4-8-14-30/h3-8,11-14,17-22,25-28,39-42H,9-10,15-16,23-24H2,1-2H3,(H,49,52)(H,50,51)(H,53,59)(H,54,60)/t39-,40-,41-,42-/m0/s1. The Morgan fingerprint density at radius 3 is 1.73 bits per heavy atom. The minimum atomic E-state index is -0.890. The van der Waals surface area contributed by atoms with Crippen molar-refractivity contribution in [2.45, 2.75) is 49.9 Å². The number of benzene rings is 5. The van der Waals surface area contributed by atoms with E-state index in [1.807, 2.05) is 72.9 Å². The number of imidazole rings is 2. The van der Waals surface area contributed by atoms with Gasteiger partial charge in [0.25, 0.3) is 11.8 Å². The van der Waals surface area contributed by atoms with Crippen LogP contribution in [0.3, 0.4) is 0 Å². The molecule has 4 amide bonds. The first-order valence-corrected chi connectivity index (χ1v) is 20.8. The quantitative estimate of drug-likeness (QED) is 0.107. The highest BCUT2D eigenvalue weighted by Gasteiger charge is 2.38. The molecule has 2 aromatic heterocycles. The Labute approximate surface area is 357 Å². The van der Waals surface area contributed by atoms with Gasteiger partial charge in [0, 0.05) is 24.8 Å². The number of methoxy groups -OCH3 is 2. The average Bonchev–Trinajstić information content (AvgIpc) is 4.16. The van der Waals surface area contributed by atoms with E-state index in [1.54, 1.807) is 9.80 Å². The van der Waals surface area contributed by atoms with Gasteiger partial charge in [-0.1, -0.05) is 91.0 Å². The van der Waals surface area contributed by atoms with Crippen LogP contribution in [0.25, 0.3) is 44.2 Å². The van der Waals surface area contributed by atoms with Gasteiger partial charge in [-0.2, -0.15) is 0 Å². The van der Waals surface area contributed by atoms with Crippen LogP contribution in [-0.4, -0.2) is 81.0 Å². The van der Waals surface area contributed by atoms with Crippen molar-refractivity contribution in [1.29, 1.82) is 0 Å². The van der Waals surface area contributed by atoms with Crippen LogP contribution < -0.4 is 10.6 Å². The van der Waals surface area contributed by atoms with Crippen LogP contribution in [0, 0.1) is 0 Å². The molecule has 2 aliphatic heterocycles. The van der Waals surface area contributed by atoms with Gasteiger partial charge >= 0.3 is 12.2 Å². The summed E-state index contributed by atoms with van der Waals surface area (Å²) in [5, 5.41) is 7.56. The minimum absolute atomic E-state index is 0.215. The van der Waals surface area contributed by atoms with Crippen molar-refractivity contribution in [3.05, 3.63) is 144 Å². The molecule has 2 saturated heterocycles. The molecule has 0 spiro atoms. The number of alkyl carbamates (subject to hydrolysis) is 2. The van der Waals surface area contributed by atoms with E-state index in [2.05, 4.69) is 69.1 Å². The van der Waals surface area contributed by atoms with Gasteiger partial charge < -0.3 is 39.9 Å². The molecule has 62 heavy (non-hydrogen) atoms. The van der Waals surface area contributed by atoms with Gasteiger partial charge in [0.2, 0.25) is 0 Å². The fraction of sp³-hybridized carbons (Fsp3) is 0.250. The van der Waals surface area contributed by atoms with Crippen molar-refractivity contribution >= 4 is 45.8 Å². The third-order valence-electron chi connectivity index (χ3n) is 11.9. The summed E-state index contributed by atoms with van der Waals surface area (Å²) in [5.74, 6) is 0.974. The number of carbonyl (C=O) groups is 4. The molecular formula is C48H46N8O6. The van der Waals surface area contributed by atoms with E-state index < -0.39 is 24.3 Å². The summed E-state index contributed by atoms with van der Waals surface area (Å²) in [4.78, 5) is 72.9. The highest BCUT2D eigenvalue weighted by atomic mass is 16.5. The number of hydrogen-bond donors (Lipinski definition) is 4. The van der Waals surface area contributed by atoms with Crippen LogP contribution in [0.5, 0.6) is 0 Å². The van der Waals surface area contributed by atoms with E-state index in [4.69, 9.17) is 19.4 Å². The molecule has 14 nitrogen and oxygen atoms in total. The summed E-state index contributed by atoms with van der Waals surface area (Å²) in [6.45, 7) is 1.09. The van der Waals surface area contributed by atoms with E-state index in [-0.39, 0.29) is 23.9 Å². The van der Waals surface area contributed by atoms with Crippen LogP contribution in [0.2, 0.25) is 0 Å². The summed E-state index contributed by atoms with van der Waals surface area (Å²) < 4.78 is 9.69. The lowest BCUT2D eigenvalue weighted by Crippen LogP contribution is -2.42. The largest absolute Gasteiger partial charge is 0.453 e. The molecule has 0 radical (unpaired) electrons. The predicted molar refractivity (Wildman–Crippen MR) is 233 cm³/mol. The molecule has 0 aliphatic carbocycles. The van der Waals surface area contributed by atoms with Crippen molar-refractivity contribution in [3.8, 4) is 22.4 Å². The highest BCUT2D eigenvalue weighted by molar-refractivity contribution is 5.92. The lowest BCUT2D eigenvalue weighted by Gasteiger charge is -2.28. The van der Waals surface area contributed by atoms with Gasteiger partial charge in [-0.05, 0) is 83.0 Å². The van der Waals surface area contributed by atoms with Gasteiger partial charge in [0.1, 0.15) is 23.7 Å². The van der Waals surface area contributed by atoms with Gasteiger partial charge in [0.15, 0.2) is 0 Å². The smallest absolute Gasteiger partial charge is 0.407 e. The Morgan fingerprint density at radius 1 is 0.629 bits per heavy atom. The Morgan fingerprint density at radius 2 is 1.15 bits per heavy atom. The Hall–Kier alpha value is -7.48. The zero-order valence-corrected chi connectivity index (χ0v) is 34.3. The Balaban J connectivity index is 0.915. The van der Waals surface area contributed by atoms with E-state index >= 15 is 0 Å². The van der Waals surface area contributed by atoms with Gasteiger partial charge in [-0.15, -0.1) is 0 Å². The second-order valence-corrected chi connectivity index (χ2v) is 15.6. The van der Waals surface area contributed by atoms with Gasteiger partial charge in [-0.3, -0.25) is 9.59 Å². The van der Waals surface area contributed by atoms with Crippen molar-refractivity contribution in [1.82, 2.24) is 40.4 Å². The Kier molecular flexibility index (Phi) is 11.1. The molecule has 0 bridgehead atoms. The molecule has 4 heterocycles. The topological polar surface area (TPSA) is 175 Å². The monoisotopic (exact) mass is 830 g/mol. The van der Waals surface area contributed by atoms with Crippen LogP contribution in [-0.2, 0) is 19.1 Å². The number of hydrogen-bond acceptors (Lipinski definition) is 8. The predicted octanol–water partition coefficient (Wildman–Crippen LogP) is 8.29. The number of aromatic amines is 2. The first-order valence-electron chi connectivity index (χ1n) is 20.8. The zero-order valence-electron chi connectivity index (χ0n) is 34.3. The number of ether oxygens (including phenoxy) is 2. The van der Waals surface area contributed by atoms with Crippen LogP contribution in [0.15, 0.2) is 121 Å². The lowest BCUT2D eigenvalue weighted by atomic mass is 9.99. The van der Waals surface area contributed by atoms with Crippen molar-refractivity contribution < 1.29 is 28.7 Å². The number of rotatable bonds is 10. The van der Waals surface area contributed by atoms with Crippen molar-refractivity contribution in [3.63, 3.8) is 0 Å². The number of nitrogens with zero attached hydrogens (tertiary/aromatic N) is 4. The van der Waals surface area contributed by atoms with E-state index in [1.165, 1.54) is 14.2 Å². The molecule has 14 heteroatoms. The number of carbonyl (C=O) groups excluding carboxylic acids is 4. The molecule has 9 rings (SSSR count). The van der Waals surface area contributed by atoms with Crippen LogP contribution in [0.1, 0.15) is 72.6 Å². The third-order valence-corrected chi connectivity index (χ3v) is 11.9. The molecule has 5 aromatic carbocycles. The maximum atomic E-state index is 14.0. The summed E-state index contributed by atoms with van der Waals surface area (Å²) in [6.07, 6.45) is 3.64. The van der Waals surface area contributed by atoms with E-state index in [0.717, 1.165) is 69.9 Å². The molecule has 7 aromatic rings. The number of nitrogens with one attached hydrogen (secondary N) is 4. The number of fused-ring (bicyclic) bond motifs is 2. The van der Waals surface area contributed by atoms with Crippen molar-refractivity contribution in [2.75, 3.05) is 27.3 Å². The zero-order chi connectivity index (χ0) is 42.7. The molecule has 4 N–H and O–H groups in total. The number of aromatic nitrogens is 4. The fourth-order valence-electron chi connectivity index (χ4n) is 8.78. The average molecular weight is 831 g/mol. The number of amides is 4. The molecule has 2 aliphatic rings. The van der Waals surface area contributed by atoms with E-state index in [0.29, 0.717) is 35.9 Å². The molecule has 4 atom stereocenters. The first-order chi connectivity index (χ1) is 30.3. The maximum absolute atomic E-state index is 14.0. The maximum Gasteiger partial charge on any atom is 0.407 e. The molecular weight excluding hydrogens is 785 g/mol. The minimum Gasteiger partial charge on any atom is -0.453 e. The normalized spacial score (nSPS) is 17.2. The SMILES string of the molecule is COC(=O)N[C@H](C(=O)N1CCC[C@H]1c1nc(-c2ccc3cc(-c4ccc5[nH]c([C@@H]6CCCN6C(=O)[C@@H](NC(=O)OC)c6ccccc6)nc5c4)ccc3c2)c[nH]1)c1ccccc1. The second-order valence-electron chi connectivity index (χ2n) is 15.6. The highest BCUT2D eigenvalue weighted by Crippen LogP contribution is 2.37. The number of likely N-dealkylation sites (tertiary alicyclic amines) is 2. The van der Waals surface area contributed by atoms with Crippen LogP contribution in [0.4, 0.5) is 9.59 Å². The summed E-state index contributed by atoms with van der Waals surface area (Å²) in [6, 6.07) is 34.8. The second kappa shape index (κ2) is 17.2. The summed E-state index contributed by atoms with van der Waals surface area (Å²) in [5.41, 5.74) is 6.79. The molecule has 2 fully saturated rings. The van der Waals surface area contributed by atoms with E-state index in [9.17, 15) is 19.2 Å². The molecule has 0 saturated carbocycles. The molecule has 314 valence electrons. The van der Waals surface area contributed by atoms with Crippen molar-refractivity contribution in [2.24, 2.45) is 0 Å². The first kappa shape index (κ1) is 40.0. The fourth-order valence-corrected chi connectivity index (χ4v) is 8.78. The summed E-state index contributed by atoms with van der Waals surface area (Å²) >= 11 is 0. The summed E-state index contributed by atoms with van der Waals surface area (Å²) in [7, 11) is 2.56. The third kappa shape index (κ3) is 7.94. The van der Waals surface area contributed by atoms with Gasteiger partial charge in [0.05, 0.1) is 43.0 Å².